The number of halogens is 3. The second-order valence-electron chi connectivity index (χ2n) is 8.04. The Kier molecular flexibility index (Phi) is 8.87. The van der Waals surface area contributed by atoms with E-state index in [1.54, 1.807) is 31.4 Å². The minimum absolute atomic E-state index is 0. The molecule has 3 aromatic heterocycles. The van der Waals surface area contributed by atoms with Crippen molar-refractivity contribution in [3.05, 3.63) is 72.3 Å². The molecule has 0 aliphatic rings. The Labute approximate surface area is 218 Å². The van der Waals surface area contributed by atoms with Crippen molar-refractivity contribution in [2.24, 2.45) is 0 Å². The normalized spacial score (nSPS) is 11.9. The number of carbonyl (C=O) groups excluding carboxylic acids is 1. The van der Waals surface area contributed by atoms with Crippen LogP contribution in [0.3, 0.4) is 0 Å². The molecule has 0 unspecified atom stereocenters. The maximum Gasteiger partial charge on any atom is 0.422 e. The molecule has 12 heteroatoms. The molecule has 0 bridgehead atoms. The molecule has 0 saturated heterocycles. The molecule has 0 saturated carbocycles. The molecule has 4 rings (SSSR count). The second-order valence-corrected chi connectivity index (χ2v) is 8.04. The van der Waals surface area contributed by atoms with Gasteiger partial charge in [0.2, 0.25) is 5.88 Å². The molecule has 1 amide bonds. The van der Waals surface area contributed by atoms with E-state index in [2.05, 4.69) is 35.3 Å². The fourth-order valence-corrected chi connectivity index (χ4v) is 3.68. The zero-order chi connectivity index (χ0) is 25.7. The summed E-state index contributed by atoms with van der Waals surface area (Å²) in [6.45, 7) is 1.17. The van der Waals surface area contributed by atoms with Crippen LogP contribution in [-0.2, 0) is 0 Å². The van der Waals surface area contributed by atoms with E-state index in [-0.39, 0.29) is 31.2 Å². The third kappa shape index (κ3) is 6.85. The van der Waals surface area contributed by atoms with Gasteiger partial charge in [-0.05, 0) is 17.7 Å². The average molecular weight is 531 g/mol. The van der Waals surface area contributed by atoms with Gasteiger partial charge in [0, 0.05) is 55.0 Å². The Hall–Kier alpha value is -3.93. The summed E-state index contributed by atoms with van der Waals surface area (Å²) in [6, 6.07) is 12.1. The maximum atomic E-state index is 12.3. The summed E-state index contributed by atoms with van der Waals surface area (Å²) in [5.74, 6) is 0.309. The Morgan fingerprint density at radius 1 is 1.08 bits per heavy atom. The van der Waals surface area contributed by atoms with Crippen LogP contribution in [0, 0.1) is 0 Å². The van der Waals surface area contributed by atoms with Crippen molar-refractivity contribution in [1.29, 1.82) is 0 Å². The van der Waals surface area contributed by atoms with E-state index in [0.29, 0.717) is 29.2 Å². The lowest BCUT2D eigenvalue weighted by Gasteiger charge is -2.16. The number of benzene rings is 1. The first-order valence-corrected chi connectivity index (χ1v) is 11.1. The smallest absolute Gasteiger partial charge is 0.422 e. The molecular formula is C25H25F3N6O2S. The Bertz CT molecular complexity index is 1370. The monoisotopic (exact) mass is 530 g/mol. The van der Waals surface area contributed by atoms with Crippen molar-refractivity contribution in [3.63, 3.8) is 0 Å². The molecule has 0 radical (unpaired) electrons. The summed E-state index contributed by atoms with van der Waals surface area (Å²) in [5.41, 5.74) is 3.46. The third-order valence-corrected chi connectivity index (χ3v) is 5.48. The number of alkyl halides is 3. The van der Waals surface area contributed by atoms with E-state index < -0.39 is 12.8 Å². The van der Waals surface area contributed by atoms with Crippen molar-refractivity contribution >= 4 is 36.1 Å². The molecule has 1 aromatic carbocycles. The minimum atomic E-state index is -4.43. The van der Waals surface area contributed by atoms with Crippen LogP contribution in [0.2, 0.25) is 0 Å². The largest absolute Gasteiger partial charge is 0.468 e. The van der Waals surface area contributed by atoms with Gasteiger partial charge < -0.3 is 15.4 Å². The number of fused-ring (bicyclic) bond motifs is 1. The highest BCUT2D eigenvalue weighted by atomic mass is 32.1. The average Bonchev–Trinajstić information content (AvgIpc) is 2.89. The molecule has 0 spiro atoms. The van der Waals surface area contributed by atoms with Gasteiger partial charge in [-0.3, -0.25) is 9.78 Å². The van der Waals surface area contributed by atoms with E-state index in [9.17, 15) is 18.0 Å². The molecule has 4 aromatic rings. The van der Waals surface area contributed by atoms with E-state index >= 15 is 0 Å². The Morgan fingerprint density at radius 3 is 2.59 bits per heavy atom. The number of anilines is 1. The summed E-state index contributed by atoms with van der Waals surface area (Å²) >= 11 is 0. The van der Waals surface area contributed by atoms with E-state index in [0.717, 1.165) is 16.5 Å². The highest BCUT2D eigenvalue weighted by Crippen LogP contribution is 2.27. The van der Waals surface area contributed by atoms with Crippen molar-refractivity contribution in [1.82, 2.24) is 25.3 Å². The lowest BCUT2D eigenvalue weighted by Crippen LogP contribution is -2.19. The van der Waals surface area contributed by atoms with Gasteiger partial charge in [-0.2, -0.15) is 26.7 Å². The van der Waals surface area contributed by atoms with Gasteiger partial charge >= 0.3 is 6.18 Å². The van der Waals surface area contributed by atoms with E-state index in [1.807, 2.05) is 25.1 Å². The molecular weight excluding hydrogens is 505 g/mol. The number of rotatable bonds is 8. The number of amides is 1. The lowest BCUT2D eigenvalue weighted by molar-refractivity contribution is -0.154. The van der Waals surface area contributed by atoms with Gasteiger partial charge in [0.25, 0.3) is 5.91 Å². The first kappa shape index (κ1) is 27.7. The van der Waals surface area contributed by atoms with Crippen LogP contribution in [0.4, 0.5) is 19.0 Å². The molecule has 1 atom stereocenters. The number of para-hydroxylation sites is 1. The molecule has 194 valence electrons. The number of hydrogen-bond acceptors (Lipinski definition) is 7. The standard InChI is InChI=1S/C25H23F3N6O2.H2S/c1-15(17-4-3-5-18-19(24(35)29-2)8-9-30-23(17)18)11-31-21-10-20(33-14-34-21)16-6-7-22(32-12-16)36-13-25(26,27)28;/h3-10,12,14-15H,11,13H2,1-2H3,(H,29,35)(H,31,33,34);1H2/t15-;/m1./s1. The summed E-state index contributed by atoms with van der Waals surface area (Å²) in [6.07, 6.45) is -0.0161. The maximum absolute atomic E-state index is 12.3. The third-order valence-electron chi connectivity index (χ3n) is 5.48. The predicted molar refractivity (Wildman–Crippen MR) is 139 cm³/mol. The number of hydrogen-bond donors (Lipinski definition) is 2. The first-order chi connectivity index (χ1) is 17.2. The molecule has 0 fully saturated rings. The lowest BCUT2D eigenvalue weighted by atomic mass is 9.96. The van der Waals surface area contributed by atoms with Crippen LogP contribution in [-0.4, -0.2) is 52.2 Å². The van der Waals surface area contributed by atoms with Crippen molar-refractivity contribution in [2.45, 2.75) is 19.0 Å². The molecule has 8 nitrogen and oxygen atoms in total. The van der Waals surface area contributed by atoms with Crippen LogP contribution < -0.4 is 15.4 Å². The van der Waals surface area contributed by atoms with Crippen LogP contribution >= 0.6 is 13.5 Å². The Balaban J connectivity index is 0.00000380. The van der Waals surface area contributed by atoms with Crippen molar-refractivity contribution in [2.75, 3.05) is 25.5 Å². The molecule has 37 heavy (non-hydrogen) atoms. The number of carbonyl (C=O) groups is 1. The number of pyridine rings is 2. The topological polar surface area (TPSA) is 102 Å². The molecule has 2 N–H and O–H groups in total. The highest BCUT2D eigenvalue weighted by Gasteiger charge is 2.28. The molecule has 0 aliphatic carbocycles. The molecule has 3 heterocycles. The van der Waals surface area contributed by atoms with Gasteiger partial charge in [0.05, 0.1) is 16.8 Å². The van der Waals surface area contributed by atoms with Crippen LogP contribution in [0.1, 0.15) is 28.8 Å². The van der Waals surface area contributed by atoms with Crippen molar-refractivity contribution < 1.29 is 22.7 Å². The zero-order valence-corrected chi connectivity index (χ0v) is 21.0. The van der Waals surface area contributed by atoms with Crippen molar-refractivity contribution in [3.8, 4) is 17.1 Å². The van der Waals surface area contributed by atoms with Gasteiger partial charge in [0.1, 0.15) is 12.1 Å². The number of aromatic nitrogens is 4. The number of ether oxygens (including phenoxy) is 1. The SMILES string of the molecule is CNC(=O)c1ccnc2c([C@H](C)CNc3cc(-c4ccc(OCC(F)(F)F)nc4)ncn3)cccc12.S. The minimum Gasteiger partial charge on any atom is -0.468 e. The fraction of sp³-hybridized carbons (Fsp3) is 0.240. The Morgan fingerprint density at radius 2 is 1.89 bits per heavy atom. The summed E-state index contributed by atoms with van der Waals surface area (Å²) in [7, 11) is 1.59. The van der Waals surface area contributed by atoms with Crippen LogP contribution in [0.15, 0.2) is 61.2 Å². The highest BCUT2D eigenvalue weighted by molar-refractivity contribution is 7.59. The molecule has 0 aliphatic heterocycles. The van der Waals surface area contributed by atoms with Gasteiger partial charge in [-0.1, -0.05) is 25.1 Å². The van der Waals surface area contributed by atoms with Gasteiger partial charge in [-0.25, -0.2) is 15.0 Å². The van der Waals surface area contributed by atoms with Gasteiger partial charge in [0.15, 0.2) is 6.61 Å². The predicted octanol–water partition coefficient (Wildman–Crippen LogP) is 4.72. The zero-order valence-electron chi connectivity index (χ0n) is 20.0. The number of nitrogens with one attached hydrogen (secondary N) is 2. The van der Waals surface area contributed by atoms with Crippen LogP contribution in [0.5, 0.6) is 5.88 Å². The summed E-state index contributed by atoms with van der Waals surface area (Å²) in [4.78, 5) is 29.1. The second kappa shape index (κ2) is 11.9. The summed E-state index contributed by atoms with van der Waals surface area (Å²) in [5, 5.41) is 6.72. The van der Waals surface area contributed by atoms with E-state index in [1.165, 1.54) is 18.6 Å². The summed E-state index contributed by atoms with van der Waals surface area (Å²) < 4.78 is 41.6. The first-order valence-electron chi connectivity index (χ1n) is 11.1. The fourth-order valence-electron chi connectivity index (χ4n) is 3.68. The van der Waals surface area contributed by atoms with Gasteiger partial charge in [-0.15, -0.1) is 0 Å². The van der Waals surface area contributed by atoms with Crippen LogP contribution in [0.25, 0.3) is 22.2 Å². The number of nitrogens with zero attached hydrogens (tertiary/aromatic N) is 4. The van der Waals surface area contributed by atoms with E-state index in [4.69, 9.17) is 0 Å². The quantitative estimate of drug-likeness (QED) is 0.340.